The van der Waals surface area contributed by atoms with Gasteiger partial charge in [0.05, 0.1) is 23.3 Å². The van der Waals surface area contributed by atoms with E-state index in [1.165, 1.54) is 15.2 Å². The number of rotatable bonds is 6. The number of halogens is 2. The molecule has 0 saturated heterocycles. The van der Waals surface area contributed by atoms with Crippen LogP contribution in [0.5, 0.6) is 0 Å². The van der Waals surface area contributed by atoms with Crippen molar-refractivity contribution in [3.8, 4) is 0 Å². The number of sulfone groups is 1. The molecule has 0 bridgehead atoms. The summed E-state index contributed by atoms with van der Waals surface area (Å²) < 4.78 is 29.2. The van der Waals surface area contributed by atoms with Gasteiger partial charge in [-0.2, -0.15) is 24.7 Å². The Morgan fingerprint density at radius 2 is 2.00 bits per heavy atom. The fourth-order valence-corrected chi connectivity index (χ4v) is 5.21. The summed E-state index contributed by atoms with van der Waals surface area (Å²) in [4.78, 5) is 23.9. The van der Waals surface area contributed by atoms with Gasteiger partial charge in [-0.25, -0.2) is 12.9 Å². The quantitative estimate of drug-likeness (QED) is 0.360. The van der Waals surface area contributed by atoms with Crippen LogP contribution >= 0.6 is 23.2 Å². The minimum absolute atomic E-state index is 0.158. The number of hydrogen-bond donors (Lipinski definition) is 0. The van der Waals surface area contributed by atoms with Crippen molar-refractivity contribution in [2.75, 3.05) is 17.7 Å². The molecule has 4 aromatic rings. The third kappa shape index (κ3) is 3.98. The van der Waals surface area contributed by atoms with Crippen LogP contribution in [0, 0.1) is 0 Å². The summed E-state index contributed by atoms with van der Waals surface area (Å²) in [5.41, 5.74) is 0.155. The van der Waals surface area contributed by atoms with E-state index in [-0.39, 0.29) is 38.9 Å². The van der Waals surface area contributed by atoms with Crippen LogP contribution in [0.15, 0.2) is 52.7 Å². The van der Waals surface area contributed by atoms with Gasteiger partial charge in [-0.3, -0.25) is 9.36 Å². The molecule has 0 aromatic carbocycles. The third-order valence-electron chi connectivity index (χ3n) is 6.04. The van der Waals surface area contributed by atoms with Crippen LogP contribution in [0.4, 0.5) is 5.95 Å². The van der Waals surface area contributed by atoms with Crippen molar-refractivity contribution >= 4 is 50.2 Å². The first-order chi connectivity index (χ1) is 17.1. The fourth-order valence-electron chi connectivity index (χ4n) is 4.32. The maximum atomic E-state index is 13.7. The monoisotopic (exact) mass is 548 g/mol. The fraction of sp³-hybridized carbons (Fsp3) is 0.318. The van der Waals surface area contributed by atoms with Crippen molar-refractivity contribution in [1.82, 2.24) is 33.8 Å². The minimum atomic E-state index is -3.76. The van der Waals surface area contributed by atoms with E-state index < -0.39 is 15.9 Å². The molecule has 188 valence electrons. The van der Waals surface area contributed by atoms with Gasteiger partial charge in [0.2, 0.25) is 15.8 Å². The van der Waals surface area contributed by atoms with E-state index in [1.54, 1.807) is 21.7 Å². The molecule has 0 radical (unpaired) electrons. The maximum Gasteiger partial charge on any atom is 0.280 e. The molecule has 1 unspecified atom stereocenters. The Balaban J connectivity index is 1.75. The summed E-state index contributed by atoms with van der Waals surface area (Å²) in [5.74, 6) is 0.644. The van der Waals surface area contributed by atoms with E-state index in [4.69, 9.17) is 28.3 Å². The summed E-state index contributed by atoms with van der Waals surface area (Å²) in [5, 5.41) is 9.14. The van der Waals surface area contributed by atoms with Gasteiger partial charge in [0.1, 0.15) is 10.5 Å². The van der Waals surface area contributed by atoms with E-state index >= 15 is 0 Å². The Morgan fingerprint density at radius 1 is 1.22 bits per heavy atom. The van der Waals surface area contributed by atoms with Crippen molar-refractivity contribution < 1.29 is 8.42 Å². The lowest BCUT2D eigenvalue weighted by molar-refractivity contribution is 0.484. The normalized spacial score (nSPS) is 16.8. The molecule has 36 heavy (non-hydrogen) atoms. The molecular weight excluding hydrogens is 527 g/mol. The van der Waals surface area contributed by atoms with Gasteiger partial charge in [0.15, 0.2) is 11.5 Å². The number of hydrogen-bond acceptors (Lipinski definition) is 8. The number of fused-ring (bicyclic) bond motifs is 2. The molecule has 4 heterocycles. The van der Waals surface area contributed by atoms with Crippen molar-refractivity contribution in [3.05, 3.63) is 69.0 Å². The highest BCUT2D eigenvalue weighted by Gasteiger charge is 2.30. The minimum Gasteiger partial charge on any atom is -0.331 e. The Hall–Kier alpha value is -3.22. The predicted octanol–water partition coefficient (Wildman–Crippen LogP) is 3.29. The molecule has 0 fully saturated rings. The van der Waals surface area contributed by atoms with Crippen molar-refractivity contribution in [1.29, 1.82) is 0 Å². The molecule has 4 aromatic heterocycles. The zero-order valence-electron chi connectivity index (χ0n) is 19.6. The van der Waals surface area contributed by atoms with Crippen LogP contribution in [-0.2, 0) is 9.84 Å². The van der Waals surface area contributed by atoms with Gasteiger partial charge < -0.3 is 4.90 Å². The summed E-state index contributed by atoms with van der Waals surface area (Å²) in [6.07, 6.45) is 12.3. The summed E-state index contributed by atoms with van der Waals surface area (Å²) in [6.45, 7) is 4.13. The highest BCUT2D eigenvalue weighted by atomic mass is 35.5. The zero-order valence-corrected chi connectivity index (χ0v) is 21.9. The van der Waals surface area contributed by atoms with E-state index in [2.05, 4.69) is 15.1 Å². The summed E-state index contributed by atoms with van der Waals surface area (Å²) >= 11 is 12.6. The average Bonchev–Trinajstić information content (AvgIpc) is 3.42. The molecule has 0 N–H and O–H groups in total. The molecular formula is C22H22Cl2N8O3S. The molecule has 5 rings (SSSR count). The SMILES string of the molecule is CCN(c1nc(S(C)(=O)=O)nc2c(Cl)cnn12)[C@@H](C)c1nn2ccc(Cl)c2c(=O)n1C1C=CC=CC1. The average molecular weight is 549 g/mol. The van der Waals surface area contributed by atoms with Crippen LogP contribution < -0.4 is 10.5 Å². The second kappa shape index (κ2) is 9.02. The Morgan fingerprint density at radius 3 is 2.67 bits per heavy atom. The molecule has 11 nitrogen and oxygen atoms in total. The molecule has 0 aliphatic heterocycles. The zero-order chi connectivity index (χ0) is 25.8. The summed E-state index contributed by atoms with van der Waals surface area (Å²) in [7, 11) is -3.76. The standard InChI is InChI=1S/C22H22Cl2N8O3S/c1-4-29(22-27-21(36(3,34)35)26-19-16(24)12-25-32(19)22)13(2)18-28-30-11-10-15(23)17(30)20(33)31(18)14-8-6-5-7-9-14/h5-8,10-14H,4,9H2,1-3H3/t13-,14?/m0/s1. The second-order valence-electron chi connectivity index (χ2n) is 8.37. The van der Waals surface area contributed by atoms with Crippen LogP contribution in [0.25, 0.3) is 11.2 Å². The number of anilines is 1. The van der Waals surface area contributed by atoms with Gasteiger partial charge in [0.25, 0.3) is 10.7 Å². The van der Waals surface area contributed by atoms with Gasteiger partial charge in [-0.15, -0.1) is 0 Å². The van der Waals surface area contributed by atoms with Crippen LogP contribution in [-0.4, -0.2) is 55.0 Å². The number of nitrogens with zero attached hydrogens (tertiary/aromatic N) is 8. The molecule has 14 heteroatoms. The van der Waals surface area contributed by atoms with Gasteiger partial charge in [-0.1, -0.05) is 47.5 Å². The molecule has 0 spiro atoms. The van der Waals surface area contributed by atoms with E-state index in [1.807, 2.05) is 38.2 Å². The van der Waals surface area contributed by atoms with Crippen molar-refractivity contribution in [3.63, 3.8) is 0 Å². The number of aromatic nitrogens is 7. The lowest BCUT2D eigenvalue weighted by Gasteiger charge is -2.31. The smallest absolute Gasteiger partial charge is 0.280 e. The largest absolute Gasteiger partial charge is 0.331 e. The predicted molar refractivity (Wildman–Crippen MR) is 137 cm³/mol. The topological polar surface area (TPSA) is 120 Å². The second-order valence-corrected chi connectivity index (χ2v) is 11.1. The van der Waals surface area contributed by atoms with Crippen molar-refractivity contribution in [2.24, 2.45) is 0 Å². The Labute approximate surface area is 216 Å². The Bertz CT molecular complexity index is 1720. The highest BCUT2D eigenvalue weighted by molar-refractivity contribution is 7.90. The first-order valence-corrected chi connectivity index (χ1v) is 13.8. The third-order valence-corrected chi connectivity index (χ3v) is 7.46. The lowest BCUT2D eigenvalue weighted by atomic mass is 10.1. The van der Waals surface area contributed by atoms with E-state index in [9.17, 15) is 13.2 Å². The highest BCUT2D eigenvalue weighted by Crippen LogP contribution is 2.30. The maximum absolute atomic E-state index is 13.7. The first-order valence-electron chi connectivity index (χ1n) is 11.1. The van der Waals surface area contributed by atoms with Crippen LogP contribution in [0.1, 0.15) is 38.2 Å². The van der Waals surface area contributed by atoms with Crippen LogP contribution in [0.2, 0.25) is 10.0 Å². The van der Waals surface area contributed by atoms with Gasteiger partial charge in [0, 0.05) is 19.0 Å². The molecule has 2 atom stereocenters. The van der Waals surface area contributed by atoms with Crippen LogP contribution in [0.3, 0.4) is 0 Å². The molecule has 0 amide bonds. The Kier molecular flexibility index (Phi) is 6.13. The van der Waals surface area contributed by atoms with E-state index in [0.717, 1.165) is 6.26 Å². The number of allylic oxidation sites excluding steroid dienone is 4. The van der Waals surface area contributed by atoms with E-state index in [0.29, 0.717) is 23.8 Å². The molecule has 1 aliphatic rings. The van der Waals surface area contributed by atoms with Gasteiger partial charge >= 0.3 is 0 Å². The summed E-state index contributed by atoms with van der Waals surface area (Å²) in [6, 6.07) is 0.801. The molecule has 0 saturated carbocycles. The first kappa shape index (κ1) is 24.5. The van der Waals surface area contributed by atoms with Gasteiger partial charge in [-0.05, 0) is 26.3 Å². The lowest BCUT2D eigenvalue weighted by Crippen LogP contribution is -2.38. The van der Waals surface area contributed by atoms with Crippen molar-refractivity contribution in [2.45, 2.75) is 37.5 Å². The molecule has 1 aliphatic carbocycles.